The largest absolute Gasteiger partial charge is 0.497 e. The highest BCUT2D eigenvalue weighted by molar-refractivity contribution is 7.19. The first kappa shape index (κ1) is 20.8. The number of amides is 1. The van der Waals surface area contributed by atoms with Crippen molar-refractivity contribution in [2.24, 2.45) is 0 Å². The summed E-state index contributed by atoms with van der Waals surface area (Å²) >= 11 is 1.49. The molecule has 0 saturated heterocycles. The Morgan fingerprint density at radius 1 is 1.10 bits per heavy atom. The molecular formula is C24H23N3O3S. The van der Waals surface area contributed by atoms with Gasteiger partial charge in [-0.05, 0) is 50.6 Å². The Bertz CT molecular complexity index is 1310. The molecule has 31 heavy (non-hydrogen) atoms. The first-order valence-corrected chi connectivity index (χ1v) is 10.7. The summed E-state index contributed by atoms with van der Waals surface area (Å²) in [7, 11) is 1.59. The predicted octanol–water partition coefficient (Wildman–Crippen LogP) is 4.95. The van der Waals surface area contributed by atoms with Crippen LogP contribution in [0.25, 0.3) is 21.3 Å². The Morgan fingerprint density at radius 3 is 2.42 bits per heavy atom. The van der Waals surface area contributed by atoms with Gasteiger partial charge in [0.05, 0.1) is 18.8 Å². The third-order valence-electron chi connectivity index (χ3n) is 5.31. The fourth-order valence-electron chi connectivity index (χ4n) is 3.51. The average molecular weight is 434 g/mol. The fraction of sp³-hybridized carbons (Fsp3) is 0.208. The number of nitrogens with zero attached hydrogens (tertiary/aromatic N) is 2. The van der Waals surface area contributed by atoms with Crippen LogP contribution in [0.15, 0.2) is 59.7 Å². The minimum atomic E-state index is -0.724. The minimum absolute atomic E-state index is 0.220. The predicted molar refractivity (Wildman–Crippen MR) is 125 cm³/mol. The molecule has 0 aliphatic rings. The molecule has 0 saturated carbocycles. The van der Waals surface area contributed by atoms with Crippen LogP contribution < -0.4 is 15.6 Å². The van der Waals surface area contributed by atoms with Gasteiger partial charge in [-0.25, -0.2) is 4.98 Å². The Balaban J connectivity index is 1.71. The third-order valence-corrected chi connectivity index (χ3v) is 6.32. The average Bonchev–Trinajstić information content (AvgIpc) is 3.11. The normalized spacial score (nSPS) is 12.0. The molecule has 1 N–H and O–H groups in total. The molecule has 158 valence electrons. The van der Waals surface area contributed by atoms with Crippen molar-refractivity contribution in [2.45, 2.75) is 26.8 Å². The van der Waals surface area contributed by atoms with E-state index in [0.717, 1.165) is 21.6 Å². The molecule has 4 rings (SSSR count). The van der Waals surface area contributed by atoms with Gasteiger partial charge in [0.1, 0.15) is 16.6 Å². The van der Waals surface area contributed by atoms with E-state index < -0.39 is 6.04 Å². The van der Waals surface area contributed by atoms with Crippen molar-refractivity contribution in [2.75, 3.05) is 12.4 Å². The van der Waals surface area contributed by atoms with Gasteiger partial charge in [-0.3, -0.25) is 14.2 Å². The Labute approximate surface area is 184 Å². The van der Waals surface area contributed by atoms with Gasteiger partial charge in [-0.1, -0.05) is 29.8 Å². The number of aryl methyl sites for hydroxylation is 2. The molecule has 0 bridgehead atoms. The van der Waals surface area contributed by atoms with Crippen LogP contribution in [-0.2, 0) is 4.79 Å². The van der Waals surface area contributed by atoms with E-state index in [0.29, 0.717) is 21.7 Å². The topological polar surface area (TPSA) is 73.2 Å². The second-order valence-electron chi connectivity index (χ2n) is 7.43. The number of rotatable bonds is 5. The van der Waals surface area contributed by atoms with E-state index in [1.54, 1.807) is 38.3 Å². The lowest BCUT2D eigenvalue weighted by Gasteiger charge is -2.15. The van der Waals surface area contributed by atoms with E-state index in [4.69, 9.17) is 4.74 Å². The van der Waals surface area contributed by atoms with Crippen molar-refractivity contribution in [1.29, 1.82) is 0 Å². The van der Waals surface area contributed by atoms with E-state index in [9.17, 15) is 9.59 Å². The zero-order chi connectivity index (χ0) is 22.1. The number of benzene rings is 2. The zero-order valence-corrected chi connectivity index (χ0v) is 18.6. The van der Waals surface area contributed by atoms with Crippen molar-refractivity contribution in [3.05, 3.63) is 75.7 Å². The molecule has 0 fully saturated rings. The van der Waals surface area contributed by atoms with E-state index in [1.165, 1.54) is 22.2 Å². The number of carbonyl (C=O) groups is 1. The number of carbonyl (C=O) groups excluding carboxylic acids is 1. The Hall–Kier alpha value is -3.45. The molecule has 1 unspecified atom stereocenters. The molecule has 0 aliphatic carbocycles. The highest BCUT2D eigenvalue weighted by Gasteiger charge is 2.22. The number of thiophene rings is 1. The fourth-order valence-corrected chi connectivity index (χ4v) is 4.51. The molecule has 1 amide bonds. The lowest BCUT2D eigenvalue weighted by atomic mass is 10.0. The minimum Gasteiger partial charge on any atom is -0.497 e. The SMILES string of the molecule is COc1ccc(NC(=O)C(C)n2cnc3sc(C)c(-c4ccc(C)cc4)c3c2=O)cc1. The highest BCUT2D eigenvalue weighted by Crippen LogP contribution is 2.35. The smallest absolute Gasteiger partial charge is 0.263 e. The second kappa shape index (κ2) is 8.35. The quantitative estimate of drug-likeness (QED) is 0.483. The molecule has 2 aromatic carbocycles. The zero-order valence-electron chi connectivity index (χ0n) is 17.8. The van der Waals surface area contributed by atoms with Crippen LogP contribution in [0.1, 0.15) is 23.4 Å². The number of methoxy groups -OCH3 is 1. The van der Waals surface area contributed by atoms with Crippen LogP contribution in [0.3, 0.4) is 0 Å². The summed E-state index contributed by atoms with van der Waals surface area (Å²) in [6, 6.07) is 14.4. The molecule has 4 aromatic rings. The lowest BCUT2D eigenvalue weighted by Crippen LogP contribution is -2.31. The summed E-state index contributed by atoms with van der Waals surface area (Å²) in [5.74, 6) is 0.408. The van der Waals surface area contributed by atoms with Crippen molar-refractivity contribution < 1.29 is 9.53 Å². The number of anilines is 1. The summed E-state index contributed by atoms with van der Waals surface area (Å²) in [4.78, 5) is 32.4. The van der Waals surface area contributed by atoms with E-state index in [-0.39, 0.29) is 11.5 Å². The summed E-state index contributed by atoms with van der Waals surface area (Å²) in [5, 5.41) is 3.40. The van der Waals surface area contributed by atoms with Gasteiger partial charge in [0.15, 0.2) is 0 Å². The van der Waals surface area contributed by atoms with Crippen molar-refractivity contribution in [3.63, 3.8) is 0 Å². The first-order valence-electron chi connectivity index (χ1n) is 9.91. The number of hydrogen-bond acceptors (Lipinski definition) is 5. The summed E-state index contributed by atoms with van der Waals surface area (Å²) in [5.41, 5.74) is 3.42. The van der Waals surface area contributed by atoms with E-state index >= 15 is 0 Å². The number of nitrogens with one attached hydrogen (secondary N) is 1. The maximum Gasteiger partial charge on any atom is 0.263 e. The molecule has 2 heterocycles. The van der Waals surface area contributed by atoms with Gasteiger partial charge in [0, 0.05) is 16.1 Å². The molecule has 0 spiro atoms. The number of hydrogen-bond donors (Lipinski definition) is 1. The van der Waals surface area contributed by atoms with Crippen LogP contribution >= 0.6 is 11.3 Å². The van der Waals surface area contributed by atoms with Crippen molar-refractivity contribution >= 4 is 33.1 Å². The number of aromatic nitrogens is 2. The van der Waals surface area contributed by atoms with Crippen LogP contribution in [-0.4, -0.2) is 22.6 Å². The van der Waals surface area contributed by atoms with E-state index in [1.807, 2.05) is 38.1 Å². The second-order valence-corrected chi connectivity index (χ2v) is 8.63. The van der Waals surface area contributed by atoms with Gasteiger partial charge in [0.25, 0.3) is 5.56 Å². The van der Waals surface area contributed by atoms with Crippen LogP contribution in [0.2, 0.25) is 0 Å². The molecule has 2 aromatic heterocycles. The summed E-state index contributed by atoms with van der Waals surface area (Å²) < 4.78 is 6.53. The molecule has 1 atom stereocenters. The summed E-state index contributed by atoms with van der Waals surface area (Å²) in [6.07, 6.45) is 1.46. The molecular weight excluding hydrogens is 410 g/mol. The van der Waals surface area contributed by atoms with Gasteiger partial charge < -0.3 is 10.1 Å². The maximum atomic E-state index is 13.4. The van der Waals surface area contributed by atoms with Gasteiger partial charge in [0.2, 0.25) is 5.91 Å². The lowest BCUT2D eigenvalue weighted by molar-refractivity contribution is -0.118. The number of ether oxygens (including phenoxy) is 1. The molecule has 6 nitrogen and oxygen atoms in total. The molecule has 7 heteroatoms. The van der Waals surface area contributed by atoms with Crippen LogP contribution in [0.5, 0.6) is 5.75 Å². The van der Waals surface area contributed by atoms with Crippen molar-refractivity contribution in [1.82, 2.24) is 9.55 Å². The van der Waals surface area contributed by atoms with Crippen molar-refractivity contribution in [3.8, 4) is 16.9 Å². The van der Waals surface area contributed by atoms with Gasteiger partial charge >= 0.3 is 0 Å². The highest BCUT2D eigenvalue weighted by atomic mass is 32.1. The Morgan fingerprint density at radius 2 is 1.77 bits per heavy atom. The van der Waals surface area contributed by atoms with Crippen LogP contribution in [0, 0.1) is 13.8 Å². The van der Waals surface area contributed by atoms with Crippen LogP contribution in [0.4, 0.5) is 5.69 Å². The maximum absolute atomic E-state index is 13.4. The Kier molecular flexibility index (Phi) is 5.61. The monoisotopic (exact) mass is 433 g/mol. The van der Waals surface area contributed by atoms with E-state index in [2.05, 4.69) is 10.3 Å². The van der Waals surface area contributed by atoms with Gasteiger partial charge in [-0.2, -0.15) is 0 Å². The standard InChI is InChI=1S/C24H23N3O3S/c1-14-5-7-17(8-6-14)20-16(3)31-23-21(20)24(29)27(13-25-23)15(2)22(28)26-18-9-11-19(30-4)12-10-18/h5-13,15H,1-4H3,(H,26,28). The summed E-state index contributed by atoms with van der Waals surface area (Å²) in [6.45, 7) is 5.71. The third kappa shape index (κ3) is 3.96. The van der Waals surface area contributed by atoms with Gasteiger partial charge in [-0.15, -0.1) is 11.3 Å². The first-order chi connectivity index (χ1) is 14.9. The molecule has 0 aliphatic heterocycles. The number of fused-ring (bicyclic) bond motifs is 1. The molecule has 0 radical (unpaired) electrons.